The number of thiophene rings is 1. The molecular weight excluding hydrogens is 196 g/mol. The Labute approximate surface area is 87.9 Å². The molecule has 0 amide bonds. The van der Waals surface area contributed by atoms with Crippen molar-refractivity contribution < 1.29 is 9.53 Å². The maximum atomic E-state index is 11.2. The molecule has 76 valence electrons. The molecule has 0 unspecified atom stereocenters. The van der Waals surface area contributed by atoms with Gasteiger partial charge >= 0.3 is 0 Å². The molecule has 1 aliphatic carbocycles. The molecule has 1 aliphatic rings. The van der Waals surface area contributed by atoms with Crippen LogP contribution in [0, 0.1) is 5.92 Å². The van der Waals surface area contributed by atoms with Gasteiger partial charge in [0.15, 0.2) is 5.78 Å². The molecule has 1 aromatic rings. The molecule has 0 bridgehead atoms. The third-order valence-corrected chi connectivity index (χ3v) is 3.29. The number of hydrogen-bond donors (Lipinski definition) is 0. The summed E-state index contributed by atoms with van der Waals surface area (Å²) in [5, 5.41) is 2.06. The van der Waals surface area contributed by atoms with E-state index in [0.29, 0.717) is 19.1 Å². The van der Waals surface area contributed by atoms with Crippen molar-refractivity contribution in [3.05, 3.63) is 22.4 Å². The molecule has 0 radical (unpaired) electrons. The van der Waals surface area contributed by atoms with Crippen molar-refractivity contribution in [1.82, 2.24) is 0 Å². The monoisotopic (exact) mass is 210 g/mol. The first-order valence-corrected chi connectivity index (χ1v) is 5.87. The van der Waals surface area contributed by atoms with Gasteiger partial charge in [0, 0.05) is 17.2 Å². The first-order valence-electron chi connectivity index (χ1n) is 4.99. The van der Waals surface area contributed by atoms with E-state index >= 15 is 0 Å². The van der Waals surface area contributed by atoms with E-state index in [-0.39, 0.29) is 5.78 Å². The number of rotatable bonds is 6. The Morgan fingerprint density at radius 2 is 2.43 bits per heavy atom. The first-order chi connectivity index (χ1) is 6.86. The van der Waals surface area contributed by atoms with E-state index in [2.05, 4.69) is 11.4 Å². The fraction of sp³-hybridized carbons (Fsp3) is 0.545. The maximum absolute atomic E-state index is 11.2. The minimum Gasteiger partial charge on any atom is -0.373 e. The lowest BCUT2D eigenvalue weighted by molar-refractivity contribution is -0.124. The fourth-order valence-corrected chi connectivity index (χ4v) is 2.01. The minimum atomic E-state index is 0.288. The van der Waals surface area contributed by atoms with Gasteiger partial charge in [-0.15, -0.1) is 11.3 Å². The molecule has 2 rings (SSSR count). The summed E-state index contributed by atoms with van der Waals surface area (Å²) in [4.78, 5) is 12.6. The molecule has 1 fully saturated rings. The summed E-state index contributed by atoms with van der Waals surface area (Å²) in [6.07, 6.45) is 3.08. The van der Waals surface area contributed by atoms with E-state index in [1.165, 1.54) is 4.88 Å². The topological polar surface area (TPSA) is 26.3 Å². The van der Waals surface area contributed by atoms with Crippen LogP contribution in [-0.4, -0.2) is 19.0 Å². The zero-order valence-corrected chi connectivity index (χ0v) is 8.89. The Hall–Kier alpha value is -0.670. The summed E-state index contributed by atoms with van der Waals surface area (Å²) in [5.41, 5.74) is 0. The molecule has 3 heteroatoms. The number of carbonyl (C=O) groups is 1. The Morgan fingerprint density at radius 1 is 1.57 bits per heavy atom. The van der Waals surface area contributed by atoms with Gasteiger partial charge in [-0.2, -0.15) is 0 Å². The predicted molar refractivity (Wildman–Crippen MR) is 56.6 cm³/mol. The van der Waals surface area contributed by atoms with E-state index < -0.39 is 0 Å². The van der Waals surface area contributed by atoms with Crippen LogP contribution >= 0.6 is 11.3 Å². The van der Waals surface area contributed by atoms with Gasteiger partial charge in [0.1, 0.15) is 6.61 Å². The zero-order chi connectivity index (χ0) is 9.80. The fourth-order valence-electron chi connectivity index (χ4n) is 1.32. The van der Waals surface area contributed by atoms with Gasteiger partial charge < -0.3 is 4.74 Å². The van der Waals surface area contributed by atoms with Crippen molar-refractivity contribution in [3.8, 4) is 0 Å². The second kappa shape index (κ2) is 4.71. The SMILES string of the molecule is O=C(COCCc1cccs1)C1CC1. The highest BCUT2D eigenvalue weighted by molar-refractivity contribution is 7.09. The van der Waals surface area contributed by atoms with Crippen LogP contribution in [0.1, 0.15) is 17.7 Å². The first kappa shape index (κ1) is 9.87. The highest BCUT2D eigenvalue weighted by Crippen LogP contribution is 2.29. The van der Waals surface area contributed by atoms with Crippen molar-refractivity contribution in [2.45, 2.75) is 19.3 Å². The second-order valence-electron chi connectivity index (χ2n) is 3.62. The molecular formula is C11H14O2S. The summed E-state index contributed by atoms with van der Waals surface area (Å²) < 4.78 is 5.33. The van der Waals surface area contributed by atoms with Gasteiger partial charge in [0.2, 0.25) is 0 Å². The molecule has 1 heterocycles. The van der Waals surface area contributed by atoms with E-state index in [0.717, 1.165) is 19.3 Å². The molecule has 0 N–H and O–H groups in total. The van der Waals surface area contributed by atoms with Crippen molar-refractivity contribution in [3.63, 3.8) is 0 Å². The van der Waals surface area contributed by atoms with Gasteiger partial charge in [-0.3, -0.25) is 4.79 Å². The van der Waals surface area contributed by atoms with Gasteiger partial charge in [-0.05, 0) is 24.3 Å². The van der Waals surface area contributed by atoms with Gasteiger partial charge in [-0.1, -0.05) is 6.07 Å². The lowest BCUT2D eigenvalue weighted by Gasteiger charge is -2.01. The molecule has 0 saturated heterocycles. The van der Waals surface area contributed by atoms with Crippen molar-refractivity contribution in [1.29, 1.82) is 0 Å². The van der Waals surface area contributed by atoms with E-state index in [1.807, 2.05) is 6.07 Å². The second-order valence-corrected chi connectivity index (χ2v) is 4.65. The van der Waals surface area contributed by atoms with Crippen LogP contribution < -0.4 is 0 Å². The molecule has 1 saturated carbocycles. The number of carbonyl (C=O) groups excluding carboxylic acids is 1. The van der Waals surface area contributed by atoms with Gasteiger partial charge in [0.05, 0.1) is 6.61 Å². The smallest absolute Gasteiger partial charge is 0.161 e. The normalized spacial score (nSPS) is 15.7. The van der Waals surface area contributed by atoms with Crippen LogP contribution in [0.3, 0.4) is 0 Å². The molecule has 2 nitrogen and oxygen atoms in total. The van der Waals surface area contributed by atoms with Crippen molar-refractivity contribution in [2.24, 2.45) is 5.92 Å². The molecule has 0 aliphatic heterocycles. The van der Waals surface area contributed by atoms with Crippen LogP contribution in [0.15, 0.2) is 17.5 Å². The third kappa shape index (κ3) is 2.93. The van der Waals surface area contributed by atoms with Gasteiger partial charge in [-0.25, -0.2) is 0 Å². The lowest BCUT2D eigenvalue weighted by Crippen LogP contribution is -2.11. The molecule has 0 aromatic carbocycles. The third-order valence-electron chi connectivity index (χ3n) is 2.35. The molecule has 1 aromatic heterocycles. The summed E-state index contributed by atoms with van der Waals surface area (Å²) in [6, 6.07) is 4.13. The maximum Gasteiger partial charge on any atom is 0.161 e. The lowest BCUT2D eigenvalue weighted by atomic mass is 10.3. The van der Waals surface area contributed by atoms with Crippen molar-refractivity contribution in [2.75, 3.05) is 13.2 Å². The average Bonchev–Trinajstić information content (AvgIpc) is 2.92. The summed E-state index contributed by atoms with van der Waals surface area (Å²) >= 11 is 1.74. The number of Topliss-reactive ketones (excluding diaryl/α,β-unsaturated/α-hetero) is 1. The largest absolute Gasteiger partial charge is 0.373 e. The van der Waals surface area contributed by atoms with Crippen molar-refractivity contribution >= 4 is 17.1 Å². The summed E-state index contributed by atoms with van der Waals surface area (Å²) in [7, 11) is 0. The van der Waals surface area contributed by atoms with E-state index in [1.54, 1.807) is 11.3 Å². The Morgan fingerprint density at radius 3 is 3.07 bits per heavy atom. The number of ketones is 1. The van der Waals surface area contributed by atoms with Crippen LogP contribution in [0.25, 0.3) is 0 Å². The Bertz CT molecular complexity index is 288. The Kier molecular flexibility index (Phi) is 3.32. The zero-order valence-electron chi connectivity index (χ0n) is 8.07. The molecule has 14 heavy (non-hydrogen) atoms. The highest BCUT2D eigenvalue weighted by Gasteiger charge is 2.28. The molecule has 0 spiro atoms. The number of hydrogen-bond acceptors (Lipinski definition) is 3. The average molecular weight is 210 g/mol. The van der Waals surface area contributed by atoms with E-state index in [9.17, 15) is 4.79 Å². The van der Waals surface area contributed by atoms with E-state index in [4.69, 9.17) is 4.74 Å². The van der Waals surface area contributed by atoms with Crippen LogP contribution in [0.4, 0.5) is 0 Å². The minimum absolute atomic E-state index is 0.288. The summed E-state index contributed by atoms with van der Waals surface area (Å²) in [5.74, 6) is 0.618. The van der Waals surface area contributed by atoms with Gasteiger partial charge in [0.25, 0.3) is 0 Å². The standard InChI is InChI=1S/C11H14O2S/c12-11(9-3-4-9)8-13-6-5-10-2-1-7-14-10/h1-2,7,9H,3-6,8H2. The predicted octanol–water partition coefficient (Wildman–Crippen LogP) is 2.29. The quantitative estimate of drug-likeness (QED) is 0.673. The van der Waals surface area contributed by atoms with Crippen LogP contribution in [0.5, 0.6) is 0 Å². The summed E-state index contributed by atoms with van der Waals surface area (Å²) in [6.45, 7) is 0.981. The Balaban J connectivity index is 1.57. The number of ether oxygens (including phenoxy) is 1. The van der Waals surface area contributed by atoms with Crippen LogP contribution in [-0.2, 0) is 16.0 Å². The highest BCUT2D eigenvalue weighted by atomic mass is 32.1. The molecule has 0 atom stereocenters. The van der Waals surface area contributed by atoms with Crippen LogP contribution in [0.2, 0.25) is 0 Å².